The van der Waals surface area contributed by atoms with Crippen LogP contribution in [0.4, 0.5) is 4.39 Å². The van der Waals surface area contributed by atoms with Crippen molar-refractivity contribution in [3.05, 3.63) is 0 Å². The monoisotopic (exact) mass is 190 g/mol. The van der Waals surface area contributed by atoms with Gasteiger partial charge in [0.05, 0.1) is 33.0 Å². The van der Waals surface area contributed by atoms with E-state index in [1.165, 1.54) is 0 Å². The molecule has 0 saturated heterocycles. The Balaban J connectivity index is 2.80. The lowest BCUT2D eigenvalue weighted by atomic mass is 10.7. The van der Waals surface area contributed by atoms with Crippen molar-refractivity contribution in [2.24, 2.45) is 0 Å². The number of rotatable bonds is 9. The average Bonchev–Trinajstić information content (AvgIpc) is 2.16. The van der Waals surface area contributed by atoms with Crippen molar-refractivity contribution >= 4 is 0 Å². The van der Waals surface area contributed by atoms with E-state index >= 15 is 0 Å². The molecule has 0 rings (SSSR count). The van der Waals surface area contributed by atoms with E-state index in [4.69, 9.17) is 20.6 Å². The molecule has 0 aliphatic rings. The predicted octanol–water partition coefficient (Wildman–Crippen LogP) is 0.639. The highest BCUT2D eigenvalue weighted by Crippen LogP contribution is 1.80. The number of alkyl halides is 1. The molecule has 0 radical (unpaired) electrons. The van der Waals surface area contributed by atoms with Crippen molar-refractivity contribution in [2.75, 3.05) is 46.3 Å². The first-order valence-corrected chi connectivity index (χ1v) is 4.14. The van der Waals surface area contributed by atoms with Gasteiger partial charge in [0.2, 0.25) is 0 Å². The zero-order valence-electron chi connectivity index (χ0n) is 7.63. The van der Waals surface area contributed by atoms with Gasteiger partial charge < -0.3 is 14.2 Å². The largest absolute Gasteiger partial charge is 0.377 e. The smallest absolute Gasteiger partial charge is 0.113 e. The van der Waals surface area contributed by atoms with E-state index in [1.54, 1.807) is 0 Å². The number of ether oxygens (including phenoxy) is 3. The molecule has 0 fully saturated rings. The second-order valence-electron chi connectivity index (χ2n) is 2.17. The first-order chi connectivity index (χ1) is 6.41. The van der Waals surface area contributed by atoms with Crippen molar-refractivity contribution in [1.29, 1.82) is 0 Å². The van der Waals surface area contributed by atoms with Crippen molar-refractivity contribution in [2.45, 2.75) is 0 Å². The number of hydrogen-bond donors (Lipinski definition) is 0. The van der Waals surface area contributed by atoms with Gasteiger partial charge >= 0.3 is 0 Å². The third-order valence-corrected chi connectivity index (χ3v) is 1.15. The molecule has 76 valence electrons. The Morgan fingerprint density at radius 3 is 2.00 bits per heavy atom. The van der Waals surface area contributed by atoms with Gasteiger partial charge in [-0.3, -0.25) is 0 Å². The summed E-state index contributed by atoms with van der Waals surface area (Å²) in [4.78, 5) is 0. The average molecular weight is 190 g/mol. The minimum absolute atomic E-state index is 0.136. The summed E-state index contributed by atoms with van der Waals surface area (Å²) in [5.74, 6) is 2.34. The quantitative estimate of drug-likeness (QED) is 0.394. The summed E-state index contributed by atoms with van der Waals surface area (Å²) in [6.07, 6.45) is 4.95. The molecule has 0 aromatic heterocycles. The van der Waals surface area contributed by atoms with E-state index in [-0.39, 0.29) is 6.61 Å². The van der Waals surface area contributed by atoms with Crippen LogP contribution >= 0.6 is 0 Å². The summed E-state index contributed by atoms with van der Waals surface area (Å²) >= 11 is 0. The molecule has 3 nitrogen and oxygen atoms in total. The van der Waals surface area contributed by atoms with Crippen LogP contribution < -0.4 is 0 Å². The summed E-state index contributed by atoms with van der Waals surface area (Å²) in [5.41, 5.74) is 0. The topological polar surface area (TPSA) is 27.7 Å². The molecule has 0 atom stereocenters. The Bertz CT molecular complexity index is 133. The lowest BCUT2D eigenvalue weighted by molar-refractivity contribution is 0.0177. The number of terminal acetylenes is 1. The van der Waals surface area contributed by atoms with Gasteiger partial charge in [0.25, 0.3) is 0 Å². The van der Waals surface area contributed by atoms with Gasteiger partial charge in [0, 0.05) is 0 Å². The Morgan fingerprint density at radius 2 is 1.46 bits per heavy atom. The molecule has 0 saturated carbocycles. The number of hydrogen-bond acceptors (Lipinski definition) is 3. The zero-order valence-corrected chi connectivity index (χ0v) is 7.63. The van der Waals surface area contributed by atoms with E-state index < -0.39 is 6.67 Å². The van der Waals surface area contributed by atoms with Crippen LogP contribution in [0, 0.1) is 12.3 Å². The van der Waals surface area contributed by atoms with Gasteiger partial charge in [-0.25, -0.2) is 4.39 Å². The molecule has 0 aromatic carbocycles. The molecule has 0 aromatic rings. The molecule has 0 unspecified atom stereocenters. The maximum absolute atomic E-state index is 11.5. The first-order valence-electron chi connectivity index (χ1n) is 4.14. The summed E-state index contributed by atoms with van der Waals surface area (Å²) in [6.45, 7) is 1.83. The molecule has 0 N–H and O–H groups in total. The van der Waals surface area contributed by atoms with Crippen LogP contribution in [0.3, 0.4) is 0 Å². The van der Waals surface area contributed by atoms with Crippen LogP contribution in [0.15, 0.2) is 0 Å². The Kier molecular flexibility index (Phi) is 10.8. The lowest BCUT2D eigenvalue weighted by Gasteiger charge is -2.03. The summed E-state index contributed by atoms with van der Waals surface area (Å²) in [6, 6.07) is 0. The predicted molar refractivity (Wildman–Crippen MR) is 47.3 cm³/mol. The van der Waals surface area contributed by atoms with E-state index in [0.717, 1.165) is 0 Å². The Morgan fingerprint density at radius 1 is 0.923 bits per heavy atom. The van der Waals surface area contributed by atoms with E-state index in [2.05, 4.69) is 5.92 Å². The summed E-state index contributed by atoms with van der Waals surface area (Å²) in [5, 5.41) is 0. The molecule has 0 aliphatic heterocycles. The van der Waals surface area contributed by atoms with Crippen LogP contribution in [0.1, 0.15) is 0 Å². The third kappa shape index (κ3) is 11.4. The van der Waals surface area contributed by atoms with Gasteiger partial charge in [-0.05, 0) is 0 Å². The molecule has 0 heterocycles. The van der Waals surface area contributed by atoms with Crippen molar-refractivity contribution in [3.8, 4) is 12.3 Å². The summed E-state index contributed by atoms with van der Waals surface area (Å²) < 4.78 is 26.4. The fourth-order valence-corrected chi connectivity index (χ4v) is 0.625. The van der Waals surface area contributed by atoms with Crippen molar-refractivity contribution in [1.82, 2.24) is 0 Å². The Labute approximate surface area is 78.2 Å². The molecule has 13 heavy (non-hydrogen) atoms. The fourth-order valence-electron chi connectivity index (χ4n) is 0.625. The molecule has 0 bridgehead atoms. The highest BCUT2D eigenvalue weighted by Gasteiger charge is 1.89. The minimum atomic E-state index is -0.453. The van der Waals surface area contributed by atoms with Crippen LogP contribution in [-0.4, -0.2) is 46.3 Å². The van der Waals surface area contributed by atoms with Crippen molar-refractivity contribution in [3.63, 3.8) is 0 Å². The SMILES string of the molecule is C#CCOCCOCCOCCF. The van der Waals surface area contributed by atoms with Gasteiger partial charge in [-0.2, -0.15) is 0 Å². The number of halogens is 1. The van der Waals surface area contributed by atoms with E-state index in [0.29, 0.717) is 33.0 Å². The third-order valence-electron chi connectivity index (χ3n) is 1.15. The molecular formula is C9H15FO3. The van der Waals surface area contributed by atoms with Crippen molar-refractivity contribution < 1.29 is 18.6 Å². The molecule has 0 aliphatic carbocycles. The van der Waals surface area contributed by atoms with Crippen LogP contribution in [0.25, 0.3) is 0 Å². The lowest BCUT2D eigenvalue weighted by Crippen LogP contribution is -2.10. The minimum Gasteiger partial charge on any atom is -0.377 e. The standard InChI is InChI=1S/C9H15FO3/c1-2-4-11-6-8-13-9-7-12-5-3-10/h1H,3-9H2. The van der Waals surface area contributed by atoms with Crippen LogP contribution in [-0.2, 0) is 14.2 Å². The molecule has 4 heteroatoms. The highest BCUT2D eigenvalue weighted by molar-refractivity contribution is 4.82. The van der Waals surface area contributed by atoms with Crippen LogP contribution in [0.2, 0.25) is 0 Å². The maximum atomic E-state index is 11.5. The first kappa shape index (κ1) is 12.4. The second kappa shape index (κ2) is 11.4. The van der Waals surface area contributed by atoms with Gasteiger partial charge in [0.1, 0.15) is 13.3 Å². The second-order valence-corrected chi connectivity index (χ2v) is 2.17. The van der Waals surface area contributed by atoms with Gasteiger partial charge in [-0.15, -0.1) is 6.42 Å². The summed E-state index contributed by atoms with van der Waals surface area (Å²) in [7, 11) is 0. The normalized spacial score (nSPS) is 9.85. The van der Waals surface area contributed by atoms with E-state index in [1.807, 2.05) is 0 Å². The van der Waals surface area contributed by atoms with E-state index in [9.17, 15) is 4.39 Å². The Hall–Kier alpha value is -0.630. The molecular weight excluding hydrogens is 175 g/mol. The molecule has 0 spiro atoms. The van der Waals surface area contributed by atoms with Gasteiger partial charge in [-0.1, -0.05) is 5.92 Å². The highest BCUT2D eigenvalue weighted by atomic mass is 19.1. The molecule has 0 amide bonds. The zero-order chi connectivity index (χ0) is 9.78. The fraction of sp³-hybridized carbons (Fsp3) is 0.778. The maximum Gasteiger partial charge on any atom is 0.113 e. The van der Waals surface area contributed by atoms with Crippen LogP contribution in [0.5, 0.6) is 0 Å². The van der Waals surface area contributed by atoms with Gasteiger partial charge in [0.15, 0.2) is 0 Å².